The quantitative estimate of drug-likeness (QED) is 0.634. The fraction of sp³-hybridized carbons (Fsp3) is 0.385. The summed E-state index contributed by atoms with van der Waals surface area (Å²) >= 11 is 0. The molecule has 1 aliphatic rings. The van der Waals surface area contributed by atoms with Crippen LogP contribution in [0.1, 0.15) is 24.4 Å². The predicted molar refractivity (Wildman–Crippen MR) is 69.2 cm³/mol. The number of rotatable bonds is 7. The van der Waals surface area contributed by atoms with Gasteiger partial charge in [-0.2, -0.15) is 0 Å². The van der Waals surface area contributed by atoms with Gasteiger partial charge in [0.05, 0.1) is 0 Å². The molecule has 0 spiro atoms. The largest absolute Gasteiger partial charge is 0.484 e. The predicted octanol–water partition coefficient (Wildman–Crippen LogP) is -0.171. The standard InChI is InChI=1S/C13H17N3O3/c14-11(17)7-19-10-5-1-8(2-6-10)12(13(15)18)16-9-3-4-9/h1-2,5-6,9,12,16H,3-4,7H2,(H2,14,17)(H2,15,18). The number of carbonyl (C=O) groups excluding carboxylic acids is 2. The summed E-state index contributed by atoms with van der Waals surface area (Å²) in [5.74, 6) is -0.413. The summed E-state index contributed by atoms with van der Waals surface area (Å²) in [5, 5.41) is 3.19. The smallest absolute Gasteiger partial charge is 0.255 e. The normalized spacial score (nSPS) is 15.8. The van der Waals surface area contributed by atoms with E-state index in [4.69, 9.17) is 16.2 Å². The molecule has 1 fully saturated rings. The van der Waals surface area contributed by atoms with E-state index in [1.165, 1.54) is 0 Å². The topological polar surface area (TPSA) is 107 Å². The van der Waals surface area contributed by atoms with E-state index in [9.17, 15) is 9.59 Å². The lowest BCUT2D eigenvalue weighted by molar-refractivity contribution is -0.120. The molecule has 0 radical (unpaired) electrons. The second-order valence-corrected chi connectivity index (χ2v) is 4.60. The molecule has 0 aliphatic heterocycles. The Morgan fingerprint density at radius 3 is 2.37 bits per heavy atom. The van der Waals surface area contributed by atoms with E-state index < -0.39 is 17.9 Å². The van der Waals surface area contributed by atoms with Gasteiger partial charge in [0.1, 0.15) is 11.8 Å². The van der Waals surface area contributed by atoms with Crippen molar-refractivity contribution in [2.45, 2.75) is 24.9 Å². The van der Waals surface area contributed by atoms with E-state index in [2.05, 4.69) is 5.32 Å². The lowest BCUT2D eigenvalue weighted by atomic mass is 10.1. The van der Waals surface area contributed by atoms with Gasteiger partial charge in [-0.1, -0.05) is 12.1 Å². The Hall–Kier alpha value is -2.08. The van der Waals surface area contributed by atoms with Crippen molar-refractivity contribution in [1.29, 1.82) is 0 Å². The van der Waals surface area contributed by atoms with Crippen molar-refractivity contribution in [2.75, 3.05) is 6.61 Å². The second kappa shape index (κ2) is 5.71. The van der Waals surface area contributed by atoms with E-state index >= 15 is 0 Å². The van der Waals surface area contributed by atoms with Crippen LogP contribution in [0.25, 0.3) is 0 Å². The molecule has 2 amide bonds. The van der Waals surface area contributed by atoms with Crippen molar-refractivity contribution in [3.05, 3.63) is 29.8 Å². The van der Waals surface area contributed by atoms with Crippen molar-refractivity contribution in [2.24, 2.45) is 11.5 Å². The molecular weight excluding hydrogens is 246 g/mol. The Morgan fingerprint density at radius 1 is 1.26 bits per heavy atom. The highest BCUT2D eigenvalue weighted by Crippen LogP contribution is 2.25. The lowest BCUT2D eigenvalue weighted by Gasteiger charge is -2.15. The summed E-state index contributed by atoms with van der Waals surface area (Å²) in [4.78, 5) is 22.0. The van der Waals surface area contributed by atoms with Gasteiger partial charge in [-0.25, -0.2) is 0 Å². The molecule has 19 heavy (non-hydrogen) atoms. The maximum Gasteiger partial charge on any atom is 0.255 e. The fourth-order valence-electron chi connectivity index (χ4n) is 1.74. The van der Waals surface area contributed by atoms with Crippen LogP contribution in [0.15, 0.2) is 24.3 Å². The fourth-order valence-corrected chi connectivity index (χ4v) is 1.74. The van der Waals surface area contributed by atoms with Crippen molar-refractivity contribution in [1.82, 2.24) is 5.32 Å². The van der Waals surface area contributed by atoms with Gasteiger partial charge in [-0.15, -0.1) is 0 Å². The van der Waals surface area contributed by atoms with Crippen LogP contribution in [-0.4, -0.2) is 24.5 Å². The summed E-state index contributed by atoms with van der Waals surface area (Å²) in [6, 6.07) is 6.76. The third-order valence-corrected chi connectivity index (χ3v) is 2.86. The first-order valence-electron chi connectivity index (χ1n) is 6.12. The van der Waals surface area contributed by atoms with E-state index in [0.717, 1.165) is 18.4 Å². The third kappa shape index (κ3) is 3.96. The molecule has 5 N–H and O–H groups in total. The molecule has 1 aliphatic carbocycles. The van der Waals surface area contributed by atoms with Gasteiger partial charge >= 0.3 is 0 Å². The van der Waals surface area contributed by atoms with Gasteiger partial charge in [0.15, 0.2) is 6.61 Å². The molecule has 6 heteroatoms. The molecule has 1 saturated carbocycles. The van der Waals surface area contributed by atoms with Crippen molar-refractivity contribution >= 4 is 11.8 Å². The molecular formula is C13H17N3O3. The van der Waals surface area contributed by atoms with Gasteiger partial charge in [-0.3, -0.25) is 14.9 Å². The second-order valence-electron chi connectivity index (χ2n) is 4.60. The first-order valence-corrected chi connectivity index (χ1v) is 6.12. The zero-order chi connectivity index (χ0) is 13.8. The lowest BCUT2D eigenvalue weighted by Crippen LogP contribution is -2.34. The molecule has 2 rings (SSSR count). The number of nitrogens with two attached hydrogens (primary N) is 2. The van der Waals surface area contributed by atoms with Crippen LogP contribution in [-0.2, 0) is 9.59 Å². The SMILES string of the molecule is NC(=O)COc1ccc(C(NC2CC2)C(N)=O)cc1. The van der Waals surface area contributed by atoms with Crippen molar-refractivity contribution in [3.63, 3.8) is 0 Å². The number of nitrogens with one attached hydrogen (secondary N) is 1. The maximum absolute atomic E-state index is 11.4. The molecule has 0 aromatic heterocycles. The number of hydrogen-bond donors (Lipinski definition) is 3. The average Bonchev–Trinajstić information content (AvgIpc) is 3.18. The summed E-state index contributed by atoms with van der Waals surface area (Å²) in [7, 11) is 0. The van der Waals surface area contributed by atoms with Gasteiger partial charge < -0.3 is 16.2 Å². The highest BCUT2D eigenvalue weighted by molar-refractivity contribution is 5.81. The molecule has 0 bridgehead atoms. The number of amides is 2. The first kappa shape index (κ1) is 13.4. The summed E-state index contributed by atoms with van der Waals surface area (Å²) in [6.07, 6.45) is 2.15. The summed E-state index contributed by atoms with van der Waals surface area (Å²) in [5.41, 5.74) is 11.2. The monoisotopic (exact) mass is 263 g/mol. The molecule has 1 aromatic carbocycles. The van der Waals surface area contributed by atoms with Crippen LogP contribution < -0.4 is 21.5 Å². The highest BCUT2D eigenvalue weighted by atomic mass is 16.5. The molecule has 6 nitrogen and oxygen atoms in total. The molecule has 0 saturated heterocycles. The van der Waals surface area contributed by atoms with Crippen LogP contribution in [0.3, 0.4) is 0 Å². The van der Waals surface area contributed by atoms with Gasteiger partial charge in [0.25, 0.3) is 5.91 Å². The average molecular weight is 263 g/mol. The number of benzene rings is 1. The van der Waals surface area contributed by atoms with Crippen LogP contribution in [0.2, 0.25) is 0 Å². The van der Waals surface area contributed by atoms with Crippen molar-refractivity contribution in [3.8, 4) is 5.75 Å². The van der Waals surface area contributed by atoms with Crippen molar-refractivity contribution < 1.29 is 14.3 Å². The summed E-state index contributed by atoms with van der Waals surface area (Å²) in [6.45, 7) is -0.168. The van der Waals surface area contributed by atoms with Gasteiger partial charge in [-0.05, 0) is 30.5 Å². The Labute approximate surface area is 111 Å². The number of carbonyl (C=O) groups is 2. The zero-order valence-electron chi connectivity index (χ0n) is 10.5. The van der Waals surface area contributed by atoms with Crippen LogP contribution in [0.4, 0.5) is 0 Å². The highest BCUT2D eigenvalue weighted by Gasteiger charge is 2.28. The molecule has 1 aromatic rings. The molecule has 1 atom stereocenters. The minimum absolute atomic E-state index is 0.168. The first-order chi connectivity index (χ1) is 9.06. The molecule has 102 valence electrons. The Balaban J connectivity index is 2.02. The van der Waals surface area contributed by atoms with Gasteiger partial charge in [0, 0.05) is 6.04 Å². The van der Waals surface area contributed by atoms with E-state index in [0.29, 0.717) is 11.8 Å². The van der Waals surface area contributed by atoms with E-state index in [-0.39, 0.29) is 6.61 Å². The summed E-state index contributed by atoms with van der Waals surface area (Å²) < 4.78 is 5.14. The minimum atomic E-state index is -0.533. The zero-order valence-corrected chi connectivity index (χ0v) is 10.5. The van der Waals surface area contributed by atoms with E-state index in [1.807, 2.05) is 0 Å². The minimum Gasteiger partial charge on any atom is -0.484 e. The number of primary amides is 2. The van der Waals surface area contributed by atoms with Crippen LogP contribution >= 0.6 is 0 Å². The Kier molecular flexibility index (Phi) is 4.01. The van der Waals surface area contributed by atoms with Crippen LogP contribution in [0.5, 0.6) is 5.75 Å². The molecule has 1 unspecified atom stereocenters. The number of ether oxygens (including phenoxy) is 1. The number of hydrogen-bond acceptors (Lipinski definition) is 4. The molecule has 0 heterocycles. The third-order valence-electron chi connectivity index (χ3n) is 2.86. The van der Waals surface area contributed by atoms with Crippen LogP contribution in [0, 0.1) is 0 Å². The van der Waals surface area contributed by atoms with Gasteiger partial charge in [0.2, 0.25) is 5.91 Å². The maximum atomic E-state index is 11.4. The Bertz CT molecular complexity index is 469. The van der Waals surface area contributed by atoms with E-state index in [1.54, 1.807) is 24.3 Å². The Morgan fingerprint density at radius 2 is 1.89 bits per heavy atom.